The van der Waals surface area contributed by atoms with Gasteiger partial charge >= 0.3 is 0 Å². The van der Waals surface area contributed by atoms with Crippen molar-refractivity contribution in [3.63, 3.8) is 0 Å². The fraction of sp³-hybridized carbons (Fsp3) is 0.538. The molecule has 1 saturated heterocycles. The molecule has 0 bridgehead atoms. The Hall–Kier alpha value is -1.08. The van der Waals surface area contributed by atoms with Crippen LogP contribution in [-0.4, -0.2) is 46.7 Å². The van der Waals surface area contributed by atoms with E-state index >= 15 is 0 Å². The number of β-amino-alcohol motifs (C(OH)–C–C–N with tert-alkyl or cyclic N) is 1. The summed E-state index contributed by atoms with van der Waals surface area (Å²) in [4.78, 5) is 0. The maximum atomic E-state index is 13.6. The smallest absolute Gasteiger partial charge is 0.129 e. The van der Waals surface area contributed by atoms with Crippen molar-refractivity contribution < 1.29 is 24.1 Å². The molecule has 4 unspecified atom stereocenters. The van der Waals surface area contributed by atoms with Crippen molar-refractivity contribution in [3.8, 4) is 0 Å². The molecule has 106 valence electrons. The quantitative estimate of drug-likeness (QED) is 0.616. The van der Waals surface area contributed by atoms with E-state index in [0.717, 1.165) is 6.07 Å². The standard InChI is InChI=1S/C13H17F2NO3/c14-8-2-1-7(10(15)4-8)3-11-9(6-17)13(19)12(18)5-16-11/h1-2,4,9,11-13,16-19H,3,5-6H2. The molecule has 1 aromatic rings. The summed E-state index contributed by atoms with van der Waals surface area (Å²) in [5.41, 5.74) is 0.306. The van der Waals surface area contributed by atoms with E-state index in [4.69, 9.17) is 0 Å². The molecule has 1 aliphatic heterocycles. The molecule has 0 aliphatic carbocycles. The third-order valence-corrected chi connectivity index (χ3v) is 3.60. The number of halogens is 2. The number of aliphatic hydroxyl groups is 3. The van der Waals surface area contributed by atoms with Crippen LogP contribution >= 0.6 is 0 Å². The fourth-order valence-corrected chi connectivity index (χ4v) is 2.45. The largest absolute Gasteiger partial charge is 0.396 e. The van der Waals surface area contributed by atoms with Crippen LogP contribution in [-0.2, 0) is 6.42 Å². The Morgan fingerprint density at radius 3 is 2.63 bits per heavy atom. The first-order chi connectivity index (χ1) is 9.02. The van der Waals surface area contributed by atoms with Gasteiger partial charge in [0.1, 0.15) is 11.6 Å². The minimum absolute atomic E-state index is 0.172. The van der Waals surface area contributed by atoms with Crippen LogP contribution in [0.1, 0.15) is 5.56 Å². The average molecular weight is 273 g/mol. The molecule has 0 spiro atoms. The predicted octanol–water partition coefficient (Wildman–Crippen LogP) is -0.191. The summed E-state index contributed by atoms with van der Waals surface area (Å²) in [7, 11) is 0. The average Bonchev–Trinajstić information content (AvgIpc) is 2.37. The number of piperidine rings is 1. The van der Waals surface area contributed by atoms with Gasteiger partial charge in [-0.25, -0.2) is 8.78 Å². The normalized spacial score (nSPS) is 31.4. The van der Waals surface area contributed by atoms with Gasteiger partial charge in [0, 0.05) is 31.2 Å². The third kappa shape index (κ3) is 3.09. The van der Waals surface area contributed by atoms with Crippen LogP contribution in [0.5, 0.6) is 0 Å². The van der Waals surface area contributed by atoms with E-state index in [1.54, 1.807) is 0 Å². The Kier molecular flexibility index (Phi) is 4.46. The Morgan fingerprint density at radius 1 is 1.26 bits per heavy atom. The molecule has 19 heavy (non-hydrogen) atoms. The fourth-order valence-electron chi connectivity index (χ4n) is 2.45. The number of hydrogen-bond donors (Lipinski definition) is 4. The van der Waals surface area contributed by atoms with E-state index in [0.29, 0.717) is 5.56 Å². The zero-order valence-electron chi connectivity index (χ0n) is 10.3. The molecule has 2 rings (SSSR count). The van der Waals surface area contributed by atoms with Crippen molar-refractivity contribution in [2.24, 2.45) is 5.92 Å². The molecule has 1 fully saturated rings. The lowest BCUT2D eigenvalue weighted by Gasteiger charge is -2.38. The molecule has 1 heterocycles. The number of rotatable bonds is 3. The lowest BCUT2D eigenvalue weighted by atomic mass is 9.84. The molecule has 4 nitrogen and oxygen atoms in total. The summed E-state index contributed by atoms with van der Waals surface area (Å²) in [6.45, 7) is -0.149. The van der Waals surface area contributed by atoms with Crippen LogP contribution in [0.3, 0.4) is 0 Å². The minimum atomic E-state index is -1.06. The van der Waals surface area contributed by atoms with E-state index in [1.807, 2.05) is 0 Å². The second kappa shape index (κ2) is 5.92. The summed E-state index contributed by atoms with van der Waals surface area (Å²) in [5, 5.41) is 31.5. The molecular formula is C13H17F2NO3. The summed E-state index contributed by atoms with van der Waals surface area (Å²) in [6.07, 6.45) is -1.80. The Bertz CT molecular complexity index is 444. The van der Waals surface area contributed by atoms with E-state index in [9.17, 15) is 24.1 Å². The van der Waals surface area contributed by atoms with Crippen LogP contribution in [0.25, 0.3) is 0 Å². The second-order valence-electron chi connectivity index (χ2n) is 4.86. The first-order valence-corrected chi connectivity index (χ1v) is 6.17. The van der Waals surface area contributed by atoms with Crippen LogP contribution in [0, 0.1) is 17.6 Å². The molecule has 0 amide bonds. The first kappa shape index (κ1) is 14.3. The molecule has 0 radical (unpaired) electrons. The van der Waals surface area contributed by atoms with Gasteiger partial charge in [-0.3, -0.25) is 0 Å². The molecule has 6 heteroatoms. The molecule has 0 aromatic heterocycles. The van der Waals surface area contributed by atoms with Gasteiger partial charge in [-0.05, 0) is 18.1 Å². The maximum absolute atomic E-state index is 13.6. The van der Waals surface area contributed by atoms with E-state index in [2.05, 4.69) is 5.32 Å². The predicted molar refractivity (Wildman–Crippen MR) is 64.4 cm³/mol. The summed E-state index contributed by atoms with van der Waals surface area (Å²) < 4.78 is 26.4. The molecule has 0 saturated carbocycles. The molecular weight excluding hydrogens is 256 g/mol. The van der Waals surface area contributed by atoms with Gasteiger partial charge < -0.3 is 20.6 Å². The zero-order valence-corrected chi connectivity index (χ0v) is 10.3. The van der Waals surface area contributed by atoms with Crippen LogP contribution in [0.15, 0.2) is 18.2 Å². The third-order valence-electron chi connectivity index (χ3n) is 3.60. The monoisotopic (exact) mass is 273 g/mol. The van der Waals surface area contributed by atoms with E-state index in [-0.39, 0.29) is 25.6 Å². The maximum Gasteiger partial charge on any atom is 0.129 e. The Balaban J connectivity index is 2.13. The number of aliphatic hydroxyl groups excluding tert-OH is 3. The highest BCUT2D eigenvalue weighted by atomic mass is 19.1. The highest BCUT2D eigenvalue weighted by Crippen LogP contribution is 2.22. The topological polar surface area (TPSA) is 72.7 Å². The zero-order chi connectivity index (χ0) is 14.0. The highest BCUT2D eigenvalue weighted by Gasteiger charge is 2.37. The van der Waals surface area contributed by atoms with Crippen molar-refractivity contribution in [1.29, 1.82) is 0 Å². The van der Waals surface area contributed by atoms with E-state index < -0.39 is 29.8 Å². The van der Waals surface area contributed by atoms with Crippen LogP contribution < -0.4 is 5.32 Å². The SMILES string of the molecule is OCC1C(Cc2ccc(F)cc2F)NCC(O)C1O. The van der Waals surface area contributed by atoms with Crippen molar-refractivity contribution in [2.45, 2.75) is 24.7 Å². The molecule has 4 atom stereocenters. The molecule has 4 N–H and O–H groups in total. The van der Waals surface area contributed by atoms with Crippen LogP contribution in [0.4, 0.5) is 8.78 Å². The Morgan fingerprint density at radius 2 is 2.00 bits per heavy atom. The Labute approximate surface area is 109 Å². The van der Waals surface area contributed by atoms with Gasteiger partial charge in [-0.2, -0.15) is 0 Å². The second-order valence-corrected chi connectivity index (χ2v) is 4.86. The summed E-state index contributed by atoms with van der Waals surface area (Å²) in [6, 6.07) is 2.94. The minimum Gasteiger partial charge on any atom is -0.396 e. The van der Waals surface area contributed by atoms with Gasteiger partial charge in [-0.1, -0.05) is 6.07 Å². The van der Waals surface area contributed by atoms with Gasteiger partial charge in [0.15, 0.2) is 0 Å². The van der Waals surface area contributed by atoms with Gasteiger partial charge in [-0.15, -0.1) is 0 Å². The van der Waals surface area contributed by atoms with Crippen molar-refractivity contribution in [1.82, 2.24) is 5.32 Å². The van der Waals surface area contributed by atoms with Crippen molar-refractivity contribution in [3.05, 3.63) is 35.4 Å². The summed E-state index contributed by atoms with van der Waals surface area (Å²) in [5.74, 6) is -1.89. The number of nitrogens with one attached hydrogen (secondary N) is 1. The van der Waals surface area contributed by atoms with Crippen LogP contribution in [0.2, 0.25) is 0 Å². The lowest BCUT2D eigenvalue weighted by molar-refractivity contribution is -0.0665. The van der Waals surface area contributed by atoms with E-state index in [1.165, 1.54) is 12.1 Å². The van der Waals surface area contributed by atoms with Gasteiger partial charge in [0.2, 0.25) is 0 Å². The van der Waals surface area contributed by atoms with Crippen molar-refractivity contribution in [2.75, 3.05) is 13.2 Å². The number of benzene rings is 1. The van der Waals surface area contributed by atoms with Crippen molar-refractivity contribution >= 4 is 0 Å². The highest BCUT2D eigenvalue weighted by molar-refractivity contribution is 5.20. The lowest BCUT2D eigenvalue weighted by Crippen LogP contribution is -2.58. The first-order valence-electron chi connectivity index (χ1n) is 6.17. The summed E-state index contributed by atoms with van der Waals surface area (Å²) >= 11 is 0. The number of hydrogen-bond acceptors (Lipinski definition) is 4. The molecule has 1 aliphatic rings. The van der Waals surface area contributed by atoms with Gasteiger partial charge in [0.25, 0.3) is 0 Å². The van der Waals surface area contributed by atoms with Gasteiger partial charge in [0.05, 0.1) is 12.2 Å². The molecule has 1 aromatic carbocycles.